The van der Waals surface area contributed by atoms with Gasteiger partial charge < -0.3 is 5.11 Å². The highest BCUT2D eigenvalue weighted by molar-refractivity contribution is 5.35. The normalized spacial score (nSPS) is 29.2. The third-order valence-corrected chi connectivity index (χ3v) is 3.89. The molecule has 1 unspecified atom stereocenters. The Bertz CT molecular complexity index is 333. The average molecular weight is 234 g/mol. The quantitative estimate of drug-likeness (QED) is 0.617. The van der Waals surface area contributed by atoms with Gasteiger partial charge in [-0.25, -0.2) is 0 Å². The lowest BCUT2D eigenvalue weighted by Crippen LogP contribution is -2.12. The predicted molar refractivity (Wildman–Crippen MR) is 72.9 cm³/mol. The molecule has 96 valence electrons. The van der Waals surface area contributed by atoms with Crippen LogP contribution in [-0.2, 0) is 0 Å². The van der Waals surface area contributed by atoms with Crippen molar-refractivity contribution in [3.63, 3.8) is 0 Å². The maximum Gasteiger partial charge on any atom is 0.0964 e. The Hall–Kier alpha value is -0.560. The molecule has 1 heteroatoms. The van der Waals surface area contributed by atoms with Crippen LogP contribution in [0.25, 0.3) is 0 Å². The molecule has 1 nitrogen and oxygen atoms in total. The zero-order valence-corrected chi connectivity index (χ0v) is 11.6. The molecule has 2 fully saturated rings. The van der Waals surface area contributed by atoms with Crippen molar-refractivity contribution >= 4 is 0 Å². The molecule has 0 saturated heterocycles. The van der Waals surface area contributed by atoms with Crippen molar-refractivity contribution in [1.29, 1.82) is 0 Å². The molecule has 0 aromatic heterocycles. The van der Waals surface area contributed by atoms with E-state index in [1.165, 1.54) is 43.3 Å². The molecule has 0 radical (unpaired) electrons. The van der Waals surface area contributed by atoms with Gasteiger partial charge in [0.15, 0.2) is 0 Å². The summed E-state index contributed by atoms with van der Waals surface area (Å²) in [7, 11) is 0. The fraction of sp³-hybridized carbons (Fsp3) is 0.750. The molecule has 1 atom stereocenters. The zero-order chi connectivity index (χ0) is 12.5. The lowest BCUT2D eigenvalue weighted by atomic mass is 9.88. The summed E-state index contributed by atoms with van der Waals surface area (Å²) in [5.41, 5.74) is 4.37. The Balaban J connectivity index is 2.17. The summed E-state index contributed by atoms with van der Waals surface area (Å²) >= 11 is 0. The molecule has 0 aromatic rings. The minimum Gasteiger partial charge on any atom is -0.384 e. The van der Waals surface area contributed by atoms with E-state index in [0.29, 0.717) is 0 Å². The Morgan fingerprint density at radius 2 is 1.65 bits per heavy atom. The maximum atomic E-state index is 10.4. The van der Waals surface area contributed by atoms with Gasteiger partial charge in [-0.3, -0.25) is 0 Å². The minimum atomic E-state index is -0.262. The van der Waals surface area contributed by atoms with Crippen LogP contribution in [-0.4, -0.2) is 11.2 Å². The summed E-state index contributed by atoms with van der Waals surface area (Å²) < 4.78 is 0. The topological polar surface area (TPSA) is 20.2 Å². The van der Waals surface area contributed by atoms with Gasteiger partial charge in [0.05, 0.1) is 6.10 Å². The number of rotatable bonds is 0. The standard InChI is InChI=1S/C16H26O/c1-16(2,3)11-13-9-10-14(15(13)17)12-7-5-4-6-8-12/h11,15,17H,4-10H2,1-3H3. The molecule has 2 aliphatic carbocycles. The van der Waals surface area contributed by atoms with Crippen LogP contribution < -0.4 is 0 Å². The predicted octanol–water partition coefficient (Wildman–Crippen LogP) is 4.37. The first-order chi connectivity index (χ1) is 7.97. The van der Waals surface area contributed by atoms with Crippen molar-refractivity contribution in [2.24, 2.45) is 5.41 Å². The first-order valence-corrected chi connectivity index (χ1v) is 7.08. The molecular formula is C16H26O. The Labute approximate surface area is 106 Å². The molecule has 2 saturated carbocycles. The molecule has 2 rings (SSSR count). The Morgan fingerprint density at radius 1 is 1.00 bits per heavy atom. The van der Waals surface area contributed by atoms with Gasteiger partial charge in [-0.15, -0.1) is 0 Å². The molecular weight excluding hydrogens is 208 g/mol. The van der Waals surface area contributed by atoms with Gasteiger partial charge >= 0.3 is 0 Å². The highest BCUT2D eigenvalue weighted by Crippen LogP contribution is 2.38. The molecule has 0 heterocycles. The molecule has 1 N–H and O–H groups in total. The number of hydrogen-bond donors (Lipinski definition) is 1. The third kappa shape index (κ3) is 3.22. The highest BCUT2D eigenvalue weighted by Gasteiger charge is 2.28. The number of aliphatic hydroxyl groups is 1. The van der Waals surface area contributed by atoms with Crippen molar-refractivity contribution in [2.45, 2.75) is 71.8 Å². The second kappa shape index (κ2) is 4.97. The van der Waals surface area contributed by atoms with Crippen LogP contribution in [0.2, 0.25) is 0 Å². The van der Waals surface area contributed by atoms with E-state index >= 15 is 0 Å². The van der Waals surface area contributed by atoms with Crippen molar-refractivity contribution in [2.75, 3.05) is 0 Å². The van der Waals surface area contributed by atoms with Crippen LogP contribution in [0.3, 0.4) is 0 Å². The zero-order valence-electron chi connectivity index (χ0n) is 11.6. The SMILES string of the molecule is CC(C)(C)C=C1CCC(=C2CCCCC2)C1O. The molecule has 0 spiro atoms. The van der Waals surface area contributed by atoms with Gasteiger partial charge in [0.25, 0.3) is 0 Å². The monoisotopic (exact) mass is 234 g/mol. The lowest BCUT2D eigenvalue weighted by molar-refractivity contribution is 0.250. The number of allylic oxidation sites excluding steroid dienone is 2. The lowest BCUT2D eigenvalue weighted by Gasteiger charge is -2.20. The summed E-state index contributed by atoms with van der Waals surface area (Å²) in [4.78, 5) is 0. The first-order valence-electron chi connectivity index (χ1n) is 7.08. The molecule has 0 aromatic carbocycles. The van der Waals surface area contributed by atoms with Crippen LogP contribution in [0, 0.1) is 5.41 Å². The van der Waals surface area contributed by atoms with Crippen molar-refractivity contribution in [3.8, 4) is 0 Å². The van der Waals surface area contributed by atoms with E-state index in [-0.39, 0.29) is 11.5 Å². The fourth-order valence-corrected chi connectivity index (χ4v) is 3.15. The smallest absolute Gasteiger partial charge is 0.0964 e. The van der Waals surface area contributed by atoms with Gasteiger partial charge in [0.1, 0.15) is 0 Å². The van der Waals surface area contributed by atoms with Crippen molar-refractivity contribution in [3.05, 3.63) is 22.8 Å². The summed E-state index contributed by atoms with van der Waals surface area (Å²) in [6.07, 6.45) is 10.7. The van der Waals surface area contributed by atoms with Crippen molar-refractivity contribution in [1.82, 2.24) is 0 Å². The van der Waals surface area contributed by atoms with Crippen molar-refractivity contribution < 1.29 is 5.11 Å². The van der Waals surface area contributed by atoms with Crippen LogP contribution in [0.5, 0.6) is 0 Å². The number of hydrogen-bond acceptors (Lipinski definition) is 1. The van der Waals surface area contributed by atoms with Crippen LogP contribution in [0.4, 0.5) is 0 Å². The van der Waals surface area contributed by atoms with Gasteiger partial charge in [-0.2, -0.15) is 0 Å². The van der Waals surface area contributed by atoms with E-state index in [2.05, 4.69) is 26.8 Å². The van der Waals surface area contributed by atoms with Gasteiger partial charge in [-0.05, 0) is 55.1 Å². The molecule has 0 aliphatic heterocycles. The van der Waals surface area contributed by atoms with Crippen LogP contribution >= 0.6 is 0 Å². The second-order valence-electron chi connectivity index (χ2n) is 6.68. The summed E-state index contributed by atoms with van der Waals surface area (Å²) in [5, 5.41) is 10.4. The maximum absolute atomic E-state index is 10.4. The second-order valence-corrected chi connectivity index (χ2v) is 6.68. The van der Waals surface area contributed by atoms with E-state index in [1.807, 2.05) is 0 Å². The van der Waals surface area contributed by atoms with E-state index in [1.54, 1.807) is 5.57 Å². The van der Waals surface area contributed by atoms with Crippen LogP contribution in [0.15, 0.2) is 22.8 Å². The Kier molecular flexibility index (Phi) is 3.77. The molecule has 0 amide bonds. The van der Waals surface area contributed by atoms with E-state index in [0.717, 1.165) is 12.8 Å². The molecule has 0 bridgehead atoms. The first kappa shape index (κ1) is 12.9. The highest BCUT2D eigenvalue weighted by atomic mass is 16.3. The van der Waals surface area contributed by atoms with Gasteiger partial charge in [0, 0.05) is 0 Å². The molecule has 17 heavy (non-hydrogen) atoms. The van der Waals surface area contributed by atoms with E-state index in [9.17, 15) is 5.11 Å². The summed E-state index contributed by atoms with van der Waals surface area (Å²) in [6.45, 7) is 6.62. The van der Waals surface area contributed by atoms with Gasteiger partial charge in [0.2, 0.25) is 0 Å². The van der Waals surface area contributed by atoms with E-state index in [4.69, 9.17) is 0 Å². The third-order valence-electron chi connectivity index (χ3n) is 3.89. The summed E-state index contributed by atoms with van der Waals surface area (Å²) in [6, 6.07) is 0. The average Bonchev–Trinajstić information content (AvgIpc) is 2.60. The number of aliphatic hydroxyl groups excluding tert-OH is 1. The fourth-order valence-electron chi connectivity index (χ4n) is 3.15. The Morgan fingerprint density at radius 3 is 2.24 bits per heavy atom. The largest absolute Gasteiger partial charge is 0.384 e. The minimum absolute atomic E-state index is 0.184. The van der Waals surface area contributed by atoms with E-state index < -0.39 is 0 Å². The van der Waals surface area contributed by atoms with Crippen LogP contribution in [0.1, 0.15) is 65.7 Å². The summed E-state index contributed by atoms with van der Waals surface area (Å²) in [5.74, 6) is 0. The molecule has 2 aliphatic rings. The van der Waals surface area contributed by atoms with Gasteiger partial charge in [-0.1, -0.05) is 38.8 Å².